The molecule has 0 bridgehead atoms. The van der Waals surface area contributed by atoms with Gasteiger partial charge in [-0.15, -0.1) is 0 Å². The van der Waals surface area contributed by atoms with Crippen LogP contribution in [0.3, 0.4) is 0 Å². The second-order valence-corrected chi connectivity index (χ2v) is 6.90. The summed E-state index contributed by atoms with van der Waals surface area (Å²) in [6, 6.07) is -1.01. The lowest BCUT2D eigenvalue weighted by molar-refractivity contribution is -0.230. The largest absolute Gasteiger partial charge is 0.756 e. The lowest BCUT2D eigenvalue weighted by atomic mass is 9.96. The molecule has 8 nitrogen and oxygen atoms in total. The molecule has 7 atom stereocenters. The highest BCUT2D eigenvalue weighted by Gasteiger charge is 2.35. The summed E-state index contributed by atoms with van der Waals surface area (Å²) in [5, 5.41) is 0. The SMILES string of the molecule is [B]C1CC(OC)C(COP(=O)([O-])OC[C@H]2O[C@@H]([B])CC2OC)O1. The van der Waals surface area contributed by atoms with Crippen LogP contribution in [0.2, 0.25) is 0 Å². The van der Waals surface area contributed by atoms with Crippen LogP contribution in [0.15, 0.2) is 0 Å². The Balaban J connectivity index is 1.77. The summed E-state index contributed by atoms with van der Waals surface area (Å²) in [6.07, 6.45) is -0.832. The van der Waals surface area contributed by atoms with Crippen LogP contribution in [0.1, 0.15) is 12.8 Å². The number of phosphoric ester groups is 1. The zero-order valence-electron chi connectivity index (χ0n) is 13.2. The van der Waals surface area contributed by atoms with Crippen molar-refractivity contribution in [3.63, 3.8) is 0 Å². The highest BCUT2D eigenvalue weighted by Crippen LogP contribution is 2.40. The molecule has 11 heteroatoms. The van der Waals surface area contributed by atoms with E-state index in [-0.39, 0.29) is 25.4 Å². The fourth-order valence-corrected chi connectivity index (χ4v) is 3.39. The molecule has 128 valence electrons. The minimum absolute atomic E-state index is 0.230. The Morgan fingerprint density at radius 1 is 1.00 bits per heavy atom. The normalized spacial score (nSPS) is 40.3. The third-order valence-electron chi connectivity index (χ3n) is 3.86. The molecule has 2 saturated heterocycles. The van der Waals surface area contributed by atoms with E-state index in [1.807, 2.05) is 0 Å². The van der Waals surface area contributed by atoms with Gasteiger partial charge in [-0.25, -0.2) is 0 Å². The highest BCUT2D eigenvalue weighted by molar-refractivity contribution is 7.45. The minimum atomic E-state index is -4.51. The van der Waals surface area contributed by atoms with Crippen molar-refractivity contribution in [3.05, 3.63) is 0 Å². The topological polar surface area (TPSA) is 95.5 Å². The summed E-state index contributed by atoms with van der Waals surface area (Å²) >= 11 is 0. The minimum Gasteiger partial charge on any atom is -0.756 e. The molecule has 2 aliphatic rings. The van der Waals surface area contributed by atoms with E-state index < -0.39 is 32.0 Å². The van der Waals surface area contributed by atoms with Gasteiger partial charge in [0.15, 0.2) is 0 Å². The molecule has 0 aliphatic carbocycles. The molecular weight excluding hydrogens is 325 g/mol. The molecule has 2 aliphatic heterocycles. The first-order valence-corrected chi connectivity index (χ1v) is 8.78. The summed E-state index contributed by atoms with van der Waals surface area (Å²) in [5.74, 6) is 0. The van der Waals surface area contributed by atoms with Crippen molar-refractivity contribution in [2.75, 3.05) is 27.4 Å². The Morgan fingerprint density at radius 3 is 1.74 bits per heavy atom. The van der Waals surface area contributed by atoms with Gasteiger partial charge in [-0.1, -0.05) is 0 Å². The first-order valence-electron chi connectivity index (χ1n) is 7.32. The molecule has 2 fully saturated rings. The Morgan fingerprint density at radius 2 is 1.39 bits per heavy atom. The third kappa shape index (κ3) is 5.54. The second-order valence-electron chi connectivity index (χ2n) is 5.48. The third-order valence-corrected chi connectivity index (χ3v) is 4.79. The van der Waals surface area contributed by atoms with Crippen LogP contribution in [-0.4, -0.2) is 79.5 Å². The lowest BCUT2D eigenvalue weighted by Crippen LogP contribution is -2.31. The Kier molecular flexibility index (Phi) is 7.13. The standard InChI is InChI=1S/C12H21B2O8P/c1-17-7-3-11(13)21-9(7)5-19-23(15,16)20-6-10-8(18-2)4-12(14)22-10/h7-12H,3-6H2,1-2H3,(H,15,16)/p-1/t7?,8?,9-,10?,11-,12?/m1/s1. The zero-order valence-corrected chi connectivity index (χ0v) is 14.1. The van der Waals surface area contributed by atoms with E-state index in [4.69, 9.17) is 43.7 Å². The van der Waals surface area contributed by atoms with E-state index in [1.54, 1.807) is 0 Å². The molecule has 0 aromatic heterocycles. The van der Waals surface area contributed by atoms with Gasteiger partial charge in [0.2, 0.25) is 0 Å². The Bertz CT molecular complexity index is 394. The van der Waals surface area contributed by atoms with Crippen molar-refractivity contribution >= 4 is 23.5 Å². The van der Waals surface area contributed by atoms with Gasteiger partial charge in [0, 0.05) is 26.2 Å². The van der Waals surface area contributed by atoms with Crippen LogP contribution >= 0.6 is 7.82 Å². The van der Waals surface area contributed by atoms with Gasteiger partial charge in [-0.05, 0) is 12.8 Å². The van der Waals surface area contributed by atoms with E-state index in [9.17, 15) is 9.46 Å². The van der Waals surface area contributed by atoms with Crippen LogP contribution in [0.5, 0.6) is 0 Å². The molecule has 0 saturated carbocycles. The average molecular weight is 345 g/mol. The smallest absolute Gasteiger partial charge is 0.268 e. The Hall–Kier alpha value is 0.0799. The van der Waals surface area contributed by atoms with Gasteiger partial charge < -0.3 is 32.9 Å². The molecule has 0 N–H and O–H groups in total. The van der Waals surface area contributed by atoms with E-state index >= 15 is 0 Å². The zero-order chi connectivity index (χ0) is 17.0. The first-order chi connectivity index (χ1) is 10.8. The lowest BCUT2D eigenvalue weighted by Gasteiger charge is -2.27. The van der Waals surface area contributed by atoms with E-state index in [0.29, 0.717) is 12.8 Å². The van der Waals surface area contributed by atoms with Crippen molar-refractivity contribution in [2.45, 2.75) is 49.3 Å². The quantitative estimate of drug-likeness (QED) is 0.412. The molecule has 0 amide bonds. The number of ether oxygens (including phenoxy) is 4. The number of hydrogen-bond donors (Lipinski definition) is 0. The van der Waals surface area contributed by atoms with E-state index in [1.165, 1.54) is 14.2 Å². The number of hydrogen-bond acceptors (Lipinski definition) is 8. The van der Waals surface area contributed by atoms with Gasteiger partial charge >= 0.3 is 0 Å². The van der Waals surface area contributed by atoms with Crippen molar-refractivity contribution in [2.24, 2.45) is 0 Å². The van der Waals surface area contributed by atoms with Crippen LogP contribution < -0.4 is 4.89 Å². The van der Waals surface area contributed by atoms with Gasteiger partial charge in [-0.2, -0.15) is 0 Å². The van der Waals surface area contributed by atoms with Gasteiger partial charge in [0.25, 0.3) is 7.82 Å². The number of rotatable bonds is 8. The van der Waals surface area contributed by atoms with Gasteiger partial charge in [0.1, 0.15) is 27.9 Å². The van der Waals surface area contributed by atoms with Crippen molar-refractivity contribution in [1.29, 1.82) is 0 Å². The molecule has 5 unspecified atom stereocenters. The maximum absolute atomic E-state index is 11.8. The fourth-order valence-electron chi connectivity index (χ4n) is 2.65. The van der Waals surface area contributed by atoms with Crippen LogP contribution in [-0.2, 0) is 32.6 Å². The molecule has 0 aromatic carbocycles. The first kappa shape index (κ1) is 19.4. The average Bonchev–Trinajstić information content (AvgIpc) is 3.05. The van der Waals surface area contributed by atoms with Gasteiger partial charge in [0.05, 0.1) is 25.4 Å². The maximum Gasteiger partial charge on any atom is 0.268 e. The molecule has 2 heterocycles. The predicted molar refractivity (Wildman–Crippen MR) is 79.2 cm³/mol. The van der Waals surface area contributed by atoms with Crippen LogP contribution in [0, 0.1) is 0 Å². The molecule has 0 spiro atoms. The number of phosphoric acid groups is 1. The molecule has 2 rings (SSSR count). The summed E-state index contributed by atoms with van der Waals surface area (Å²) < 4.78 is 42.5. The monoisotopic (exact) mass is 345 g/mol. The Labute approximate surface area is 138 Å². The maximum atomic E-state index is 11.8. The second kappa shape index (κ2) is 8.45. The highest BCUT2D eigenvalue weighted by atomic mass is 31.2. The summed E-state index contributed by atoms with van der Waals surface area (Å²) in [7, 11) is 9.76. The van der Waals surface area contributed by atoms with Crippen LogP contribution in [0.25, 0.3) is 0 Å². The van der Waals surface area contributed by atoms with Crippen molar-refractivity contribution < 1.29 is 37.5 Å². The van der Waals surface area contributed by atoms with Crippen LogP contribution in [0.4, 0.5) is 0 Å². The van der Waals surface area contributed by atoms with E-state index in [0.717, 1.165) is 0 Å². The fraction of sp³-hybridized carbons (Fsp3) is 1.00. The van der Waals surface area contributed by atoms with Crippen molar-refractivity contribution in [1.82, 2.24) is 0 Å². The molecule has 23 heavy (non-hydrogen) atoms. The summed E-state index contributed by atoms with van der Waals surface area (Å²) in [6.45, 7) is -0.461. The van der Waals surface area contributed by atoms with Crippen molar-refractivity contribution in [3.8, 4) is 0 Å². The summed E-state index contributed by atoms with van der Waals surface area (Å²) in [5.41, 5.74) is 0. The molecule has 0 aromatic rings. The molecule has 4 radical (unpaired) electrons. The van der Waals surface area contributed by atoms with E-state index in [2.05, 4.69) is 0 Å². The number of methoxy groups -OCH3 is 2. The predicted octanol–water partition coefficient (Wildman–Crippen LogP) is -0.915. The summed E-state index contributed by atoms with van der Waals surface area (Å²) in [4.78, 5) is 11.8. The molecular formula is C12H20B2O8P-. The van der Waals surface area contributed by atoms with Gasteiger partial charge in [-0.3, -0.25) is 4.57 Å².